The second-order valence-electron chi connectivity index (χ2n) is 6.31. The molecular weight excluding hydrogens is 356 g/mol. The number of nitrogens with zero attached hydrogens (tertiary/aromatic N) is 3. The molecule has 4 rings (SSSR count). The zero-order valence-corrected chi connectivity index (χ0v) is 15.3. The minimum atomic E-state index is -0.245. The lowest BCUT2D eigenvalue weighted by Crippen LogP contribution is -2.28. The van der Waals surface area contributed by atoms with Crippen molar-refractivity contribution >= 4 is 17.0 Å². The van der Waals surface area contributed by atoms with Crippen LogP contribution in [0.15, 0.2) is 65.4 Å². The van der Waals surface area contributed by atoms with Gasteiger partial charge in [0.05, 0.1) is 0 Å². The van der Waals surface area contributed by atoms with Gasteiger partial charge in [-0.15, -0.1) is 0 Å². The lowest BCUT2D eigenvalue weighted by Gasteiger charge is -2.08. The monoisotopic (exact) mass is 374 g/mol. The Kier molecular flexibility index (Phi) is 4.97. The fraction of sp³-hybridized carbons (Fsp3) is 0.143. The molecule has 0 fully saturated rings. The van der Waals surface area contributed by atoms with Crippen molar-refractivity contribution in [3.05, 3.63) is 72.1 Å². The summed E-state index contributed by atoms with van der Waals surface area (Å²) in [4.78, 5) is 20.4. The summed E-state index contributed by atoms with van der Waals surface area (Å²) in [6, 6.07) is 17.5. The van der Waals surface area contributed by atoms with Gasteiger partial charge in [0.2, 0.25) is 5.88 Å². The number of carbonyl (C=O) groups excluding carboxylic acids is 1. The van der Waals surface area contributed by atoms with Crippen molar-refractivity contribution in [3.63, 3.8) is 0 Å². The fourth-order valence-corrected chi connectivity index (χ4v) is 2.75. The molecule has 0 bridgehead atoms. The van der Waals surface area contributed by atoms with E-state index in [4.69, 9.17) is 9.26 Å². The number of benzene rings is 2. The van der Waals surface area contributed by atoms with Crippen LogP contribution in [0, 0.1) is 6.92 Å². The van der Waals surface area contributed by atoms with E-state index in [2.05, 4.69) is 20.4 Å². The number of carbonyl (C=O) groups is 1. The first-order valence-electron chi connectivity index (χ1n) is 8.81. The number of fused-ring (bicyclic) bond motifs is 1. The maximum Gasteiger partial charge on any atom is 0.265 e. The molecule has 4 aromatic rings. The van der Waals surface area contributed by atoms with Crippen LogP contribution in [0.5, 0.6) is 5.88 Å². The molecule has 2 heterocycles. The predicted molar refractivity (Wildman–Crippen MR) is 104 cm³/mol. The molecule has 0 atom stereocenters. The van der Waals surface area contributed by atoms with E-state index in [1.807, 2.05) is 61.5 Å². The highest BCUT2D eigenvalue weighted by molar-refractivity contribution is 5.93. The first-order valence-corrected chi connectivity index (χ1v) is 8.81. The molecule has 7 heteroatoms. The molecule has 0 radical (unpaired) electrons. The van der Waals surface area contributed by atoms with E-state index in [0.717, 1.165) is 11.1 Å². The third-order valence-electron chi connectivity index (χ3n) is 4.24. The number of aryl methyl sites for hydroxylation is 1. The summed E-state index contributed by atoms with van der Waals surface area (Å²) in [5.41, 5.74) is 3.93. The second-order valence-corrected chi connectivity index (χ2v) is 6.31. The van der Waals surface area contributed by atoms with Crippen molar-refractivity contribution in [1.82, 2.24) is 20.4 Å². The van der Waals surface area contributed by atoms with E-state index in [1.54, 1.807) is 0 Å². The summed E-state index contributed by atoms with van der Waals surface area (Å²) in [6.45, 7) is 2.29. The highest BCUT2D eigenvalue weighted by atomic mass is 16.5. The predicted octanol–water partition coefficient (Wildman–Crippen LogP) is 3.29. The van der Waals surface area contributed by atoms with Gasteiger partial charge in [0, 0.05) is 12.1 Å². The number of amides is 1. The van der Waals surface area contributed by atoms with Gasteiger partial charge >= 0.3 is 0 Å². The van der Waals surface area contributed by atoms with Crippen molar-refractivity contribution in [2.45, 2.75) is 13.5 Å². The zero-order valence-electron chi connectivity index (χ0n) is 15.3. The highest BCUT2D eigenvalue weighted by Crippen LogP contribution is 2.32. The molecule has 0 aliphatic carbocycles. The number of aromatic nitrogens is 3. The minimum absolute atomic E-state index is 0.169. The van der Waals surface area contributed by atoms with Crippen molar-refractivity contribution < 1.29 is 14.1 Å². The summed E-state index contributed by atoms with van der Waals surface area (Å²) in [5, 5.41) is 7.45. The van der Waals surface area contributed by atoms with Crippen LogP contribution in [-0.4, -0.2) is 27.6 Å². The summed E-state index contributed by atoms with van der Waals surface area (Å²) in [5.74, 6) is 0.0145. The Morgan fingerprint density at radius 2 is 1.86 bits per heavy atom. The van der Waals surface area contributed by atoms with Gasteiger partial charge in [0.1, 0.15) is 17.4 Å². The van der Waals surface area contributed by atoms with Gasteiger partial charge in [-0.25, -0.2) is 4.98 Å². The molecule has 7 nitrogen and oxygen atoms in total. The summed E-state index contributed by atoms with van der Waals surface area (Å²) in [7, 11) is 0. The van der Waals surface area contributed by atoms with E-state index in [0.29, 0.717) is 23.3 Å². The Balaban J connectivity index is 1.46. The molecule has 28 heavy (non-hydrogen) atoms. The molecule has 2 aromatic carbocycles. The lowest BCUT2D eigenvalue weighted by atomic mass is 10.1. The van der Waals surface area contributed by atoms with Crippen LogP contribution < -0.4 is 10.1 Å². The molecule has 1 amide bonds. The lowest BCUT2D eigenvalue weighted by molar-refractivity contribution is -0.123. The molecule has 0 aliphatic rings. The van der Waals surface area contributed by atoms with Gasteiger partial charge < -0.3 is 14.6 Å². The average Bonchev–Trinajstić information content (AvgIpc) is 3.17. The standard InChI is InChI=1S/C21H18N4O3/c1-14-7-9-15(10-8-14)11-22-17(26)12-27-20-18-19(16-5-3-2-4-6-16)25-28-21(18)24-13-23-20/h2-10,13H,11-12H2,1H3,(H,22,26). The first-order chi connectivity index (χ1) is 13.7. The van der Waals surface area contributed by atoms with Gasteiger partial charge in [0.25, 0.3) is 11.6 Å². The Morgan fingerprint density at radius 3 is 2.64 bits per heavy atom. The summed E-state index contributed by atoms with van der Waals surface area (Å²) in [6.07, 6.45) is 1.32. The maximum absolute atomic E-state index is 12.2. The maximum atomic E-state index is 12.2. The SMILES string of the molecule is Cc1ccc(CNC(=O)COc2ncnc3onc(-c4ccccc4)c23)cc1. The van der Waals surface area contributed by atoms with E-state index >= 15 is 0 Å². The van der Waals surface area contributed by atoms with Crippen LogP contribution in [0.2, 0.25) is 0 Å². The van der Waals surface area contributed by atoms with Crippen LogP contribution in [-0.2, 0) is 11.3 Å². The van der Waals surface area contributed by atoms with E-state index in [1.165, 1.54) is 11.9 Å². The topological polar surface area (TPSA) is 90.1 Å². The number of rotatable bonds is 6. The third kappa shape index (κ3) is 3.83. The largest absolute Gasteiger partial charge is 0.467 e. The Labute approximate surface area is 161 Å². The van der Waals surface area contributed by atoms with Gasteiger partial charge in [-0.1, -0.05) is 65.3 Å². The smallest absolute Gasteiger partial charge is 0.265 e. The van der Waals surface area contributed by atoms with Crippen molar-refractivity contribution in [3.8, 4) is 17.1 Å². The normalized spacial score (nSPS) is 10.8. The third-order valence-corrected chi connectivity index (χ3v) is 4.24. The van der Waals surface area contributed by atoms with Crippen LogP contribution in [0.4, 0.5) is 0 Å². The second kappa shape index (κ2) is 7.87. The molecule has 140 valence electrons. The molecule has 0 saturated heterocycles. The number of ether oxygens (including phenoxy) is 1. The van der Waals surface area contributed by atoms with Gasteiger partial charge in [0.15, 0.2) is 6.61 Å². The summed E-state index contributed by atoms with van der Waals surface area (Å²) < 4.78 is 10.9. The van der Waals surface area contributed by atoms with Gasteiger partial charge in [-0.3, -0.25) is 4.79 Å². The Bertz CT molecular complexity index is 1090. The molecule has 1 N–H and O–H groups in total. The Morgan fingerprint density at radius 1 is 1.07 bits per heavy atom. The minimum Gasteiger partial charge on any atom is -0.467 e. The number of nitrogens with one attached hydrogen (secondary N) is 1. The molecule has 2 aromatic heterocycles. The quantitative estimate of drug-likeness (QED) is 0.557. The molecule has 0 unspecified atom stereocenters. The average molecular weight is 374 g/mol. The van der Waals surface area contributed by atoms with Gasteiger partial charge in [-0.2, -0.15) is 4.98 Å². The van der Waals surface area contributed by atoms with Crippen molar-refractivity contribution in [2.75, 3.05) is 6.61 Å². The van der Waals surface area contributed by atoms with Crippen molar-refractivity contribution in [2.24, 2.45) is 0 Å². The molecule has 0 aliphatic heterocycles. The van der Waals surface area contributed by atoms with Crippen LogP contribution in [0.25, 0.3) is 22.4 Å². The van der Waals surface area contributed by atoms with Crippen LogP contribution in [0.1, 0.15) is 11.1 Å². The van der Waals surface area contributed by atoms with E-state index in [-0.39, 0.29) is 18.4 Å². The van der Waals surface area contributed by atoms with Crippen LogP contribution in [0.3, 0.4) is 0 Å². The van der Waals surface area contributed by atoms with Crippen LogP contribution >= 0.6 is 0 Å². The molecule has 0 spiro atoms. The summed E-state index contributed by atoms with van der Waals surface area (Å²) >= 11 is 0. The first kappa shape index (κ1) is 17.7. The highest BCUT2D eigenvalue weighted by Gasteiger charge is 2.18. The molecule has 0 saturated carbocycles. The van der Waals surface area contributed by atoms with E-state index in [9.17, 15) is 4.79 Å². The van der Waals surface area contributed by atoms with Gasteiger partial charge in [-0.05, 0) is 12.5 Å². The fourth-order valence-electron chi connectivity index (χ4n) is 2.75. The van der Waals surface area contributed by atoms with Crippen molar-refractivity contribution in [1.29, 1.82) is 0 Å². The molecular formula is C21H18N4O3. The number of hydrogen-bond acceptors (Lipinski definition) is 6. The zero-order chi connectivity index (χ0) is 19.3. The Hall–Kier alpha value is -3.74. The van der Waals surface area contributed by atoms with E-state index < -0.39 is 0 Å². The number of hydrogen-bond donors (Lipinski definition) is 1.